The lowest BCUT2D eigenvalue weighted by molar-refractivity contribution is -0.155. The lowest BCUT2D eigenvalue weighted by Crippen LogP contribution is -2.27. The van der Waals surface area contributed by atoms with Crippen molar-refractivity contribution in [1.29, 1.82) is 0 Å². The summed E-state index contributed by atoms with van der Waals surface area (Å²) in [5.41, 5.74) is 0. The van der Waals surface area contributed by atoms with Crippen molar-refractivity contribution in [1.82, 2.24) is 0 Å². The predicted octanol–water partition coefficient (Wildman–Crippen LogP) is 1.94. The molecule has 0 saturated heterocycles. The number of carbonyl (C=O) groups is 2. The Kier molecular flexibility index (Phi) is 5.35. The molecule has 13 heavy (non-hydrogen) atoms. The van der Waals surface area contributed by atoms with Gasteiger partial charge in [0.15, 0.2) is 0 Å². The molecule has 0 N–H and O–H groups in total. The van der Waals surface area contributed by atoms with E-state index in [1.165, 1.54) is 0 Å². The van der Waals surface area contributed by atoms with E-state index in [-0.39, 0.29) is 17.9 Å². The van der Waals surface area contributed by atoms with Gasteiger partial charge in [0, 0.05) is 6.42 Å². The average Bonchev–Trinajstić information content (AvgIpc) is 2.03. The molecule has 1 unspecified atom stereocenters. The molecule has 0 radical (unpaired) electrons. The maximum absolute atomic E-state index is 11.3. The molecule has 76 valence electrons. The Morgan fingerprint density at radius 3 is 2.08 bits per heavy atom. The van der Waals surface area contributed by atoms with Gasteiger partial charge in [0.05, 0.1) is 6.10 Å². The lowest BCUT2D eigenvalue weighted by atomic mass is 10.00. The summed E-state index contributed by atoms with van der Waals surface area (Å²) in [5.74, 6) is -0.982. The van der Waals surface area contributed by atoms with Gasteiger partial charge in [0.25, 0.3) is 0 Å². The summed E-state index contributed by atoms with van der Waals surface area (Å²) in [6.07, 6.45) is 0.774. The molecule has 0 heterocycles. The van der Waals surface area contributed by atoms with E-state index in [1.807, 2.05) is 6.92 Å². The summed E-state index contributed by atoms with van der Waals surface area (Å²) in [6.45, 7) is 7.13. The molecule has 0 fully saturated rings. The summed E-state index contributed by atoms with van der Waals surface area (Å²) in [4.78, 5) is 22.6. The molecule has 0 aliphatic rings. The summed E-state index contributed by atoms with van der Waals surface area (Å²) < 4.78 is 4.97. The molecule has 0 amide bonds. The summed E-state index contributed by atoms with van der Waals surface area (Å²) in [5, 5.41) is 0. The number of carbonyl (C=O) groups excluding carboxylic acids is 2. The van der Waals surface area contributed by atoms with Crippen LogP contribution in [0.5, 0.6) is 0 Å². The molecule has 3 heteroatoms. The highest BCUT2D eigenvalue weighted by atomic mass is 16.5. The molecule has 0 aromatic heterocycles. The number of hydrogen-bond donors (Lipinski definition) is 0. The van der Waals surface area contributed by atoms with Crippen molar-refractivity contribution in [2.75, 3.05) is 0 Å². The smallest absolute Gasteiger partial charge is 0.316 e. The third-order valence-corrected chi connectivity index (χ3v) is 1.78. The molecule has 0 rings (SSSR count). The third kappa shape index (κ3) is 4.06. The van der Waals surface area contributed by atoms with E-state index >= 15 is 0 Å². The van der Waals surface area contributed by atoms with E-state index < -0.39 is 5.92 Å². The molecule has 3 nitrogen and oxygen atoms in total. The van der Waals surface area contributed by atoms with Gasteiger partial charge < -0.3 is 4.74 Å². The van der Waals surface area contributed by atoms with E-state index in [1.54, 1.807) is 20.8 Å². The van der Waals surface area contributed by atoms with Gasteiger partial charge in [0.1, 0.15) is 11.7 Å². The molecule has 0 aromatic carbocycles. The maximum Gasteiger partial charge on any atom is 0.316 e. The van der Waals surface area contributed by atoms with Gasteiger partial charge in [0.2, 0.25) is 0 Å². The second kappa shape index (κ2) is 5.73. The summed E-state index contributed by atoms with van der Waals surface area (Å²) in [6, 6.07) is 0. The Morgan fingerprint density at radius 2 is 1.77 bits per heavy atom. The van der Waals surface area contributed by atoms with E-state index in [0.717, 1.165) is 0 Å². The van der Waals surface area contributed by atoms with Crippen molar-refractivity contribution in [3.63, 3.8) is 0 Å². The quantitative estimate of drug-likeness (QED) is 0.487. The van der Waals surface area contributed by atoms with Crippen molar-refractivity contribution < 1.29 is 14.3 Å². The first-order valence-corrected chi connectivity index (χ1v) is 4.76. The van der Waals surface area contributed by atoms with E-state index in [9.17, 15) is 9.59 Å². The predicted molar refractivity (Wildman–Crippen MR) is 50.3 cm³/mol. The van der Waals surface area contributed by atoms with Crippen molar-refractivity contribution >= 4 is 11.8 Å². The number of ether oxygens (including phenoxy) is 1. The zero-order chi connectivity index (χ0) is 10.4. The fourth-order valence-electron chi connectivity index (χ4n) is 1.09. The fraction of sp³-hybridized carbons (Fsp3) is 0.800. The topological polar surface area (TPSA) is 43.4 Å². The highest BCUT2D eigenvalue weighted by Gasteiger charge is 2.25. The highest BCUT2D eigenvalue weighted by Crippen LogP contribution is 2.10. The van der Waals surface area contributed by atoms with Crippen LogP contribution < -0.4 is 0 Å². The Hall–Kier alpha value is -0.860. The van der Waals surface area contributed by atoms with Crippen LogP contribution >= 0.6 is 0 Å². The van der Waals surface area contributed by atoms with E-state index in [2.05, 4.69) is 0 Å². The molecular formula is C10H18O3. The van der Waals surface area contributed by atoms with Crippen LogP contribution in [0.1, 0.15) is 40.5 Å². The van der Waals surface area contributed by atoms with Crippen molar-refractivity contribution in [3.8, 4) is 0 Å². The number of hydrogen-bond acceptors (Lipinski definition) is 3. The SMILES string of the molecule is CCC(=O)C(CC)C(=O)OC(C)C. The minimum absolute atomic E-state index is 0.0341. The van der Waals surface area contributed by atoms with Gasteiger partial charge in [-0.1, -0.05) is 13.8 Å². The van der Waals surface area contributed by atoms with Crippen LogP contribution in [0.15, 0.2) is 0 Å². The fourth-order valence-corrected chi connectivity index (χ4v) is 1.09. The first kappa shape index (κ1) is 12.1. The Balaban J connectivity index is 4.23. The molecule has 0 bridgehead atoms. The van der Waals surface area contributed by atoms with Crippen LogP contribution in [-0.2, 0) is 14.3 Å². The molecule has 0 aromatic rings. The zero-order valence-corrected chi connectivity index (χ0v) is 8.79. The molecule has 0 aliphatic heterocycles. The standard InChI is InChI=1S/C10H18O3/c1-5-8(9(11)6-2)10(12)13-7(3)4/h7-8H,5-6H2,1-4H3. The van der Waals surface area contributed by atoms with Crippen LogP contribution in [0.4, 0.5) is 0 Å². The minimum atomic E-state index is -0.563. The number of rotatable bonds is 5. The van der Waals surface area contributed by atoms with Gasteiger partial charge in [-0.2, -0.15) is 0 Å². The monoisotopic (exact) mass is 186 g/mol. The van der Waals surface area contributed by atoms with Crippen LogP contribution in [0, 0.1) is 5.92 Å². The summed E-state index contributed by atoms with van der Waals surface area (Å²) in [7, 11) is 0. The first-order chi connectivity index (χ1) is 6.02. The second-order valence-electron chi connectivity index (χ2n) is 3.27. The van der Waals surface area contributed by atoms with Crippen LogP contribution in [0.25, 0.3) is 0 Å². The lowest BCUT2D eigenvalue weighted by Gasteiger charge is -2.14. The van der Waals surface area contributed by atoms with Crippen molar-refractivity contribution in [2.24, 2.45) is 5.92 Å². The van der Waals surface area contributed by atoms with Gasteiger partial charge in [-0.3, -0.25) is 9.59 Å². The Bertz CT molecular complexity index is 185. The van der Waals surface area contributed by atoms with Gasteiger partial charge in [-0.05, 0) is 20.3 Å². The maximum atomic E-state index is 11.3. The van der Waals surface area contributed by atoms with Gasteiger partial charge in [-0.25, -0.2) is 0 Å². The second-order valence-corrected chi connectivity index (χ2v) is 3.27. The van der Waals surface area contributed by atoms with Gasteiger partial charge in [-0.15, -0.1) is 0 Å². The molecule has 1 atom stereocenters. The average molecular weight is 186 g/mol. The molecule has 0 spiro atoms. The Labute approximate surface area is 79.5 Å². The molecule has 0 saturated carbocycles. The minimum Gasteiger partial charge on any atom is -0.462 e. The van der Waals surface area contributed by atoms with E-state index in [4.69, 9.17) is 4.74 Å². The van der Waals surface area contributed by atoms with Gasteiger partial charge >= 0.3 is 5.97 Å². The summed E-state index contributed by atoms with van der Waals surface area (Å²) >= 11 is 0. The number of Topliss-reactive ketones (excluding diaryl/α,β-unsaturated/α-hetero) is 1. The van der Waals surface area contributed by atoms with Crippen LogP contribution in [0.2, 0.25) is 0 Å². The number of esters is 1. The normalized spacial score (nSPS) is 12.7. The highest BCUT2D eigenvalue weighted by molar-refractivity contribution is 5.98. The third-order valence-electron chi connectivity index (χ3n) is 1.78. The zero-order valence-electron chi connectivity index (χ0n) is 8.79. The number of ketones is 1. The Morgan fingerprint density at radius 1 is 1.23 bits per heavy atom. The van der Waals surface area contributed by atoms with Crippen molar-refractivity contribution in [3.05, 3.63) is 0 Å². The van der Waals surface area contributed by atoms with Crippen LogP contribution in [-0.4, -0.2) is 17.9 Å². The molecular weight excluding hydrogens is 168 g/mol. The molecule has 0 aliphatic carbocycles. The van der Waals surface area contributed by atoms with Crippen molar-refractivity contribution in [2.45, 2.75) is 46.6 Å². The largest absolute Gasteiger partial charge is 0.462 e. The van der Waals surface area contributed by atoms with Crippen LogP contribution in [0.3, 0.4) is 0 Å². The van der Waals surface area contributed by atoms with E-state index in [0.29, 0.717) is 12.8 Å². The first-order valence-electron chi connectivity index (χ1n) is 4.76.